The molecular weight excluding hydrogens is 296 g/mol. The number of aromatic nitrogens is 1. The zero-order valence-corrected chi connectivity index (χ0v) is 13.9. The Morgan fingerprint density at radius 3 is 2.82 bits per heavy atom. The minimum absolute atomic E-state index is 0.105. The molecule has 2 aromatic rings. The van der Waals surface area contributed by atoms with Gasteiger partial charge < -0.3 is 9.88 Å². The standard InChI is InChI=1S/C17H22N2O2S/c1-3-8-19-9-7-15(12-19)11-18-17(20)16-6-4-5-14(10-16)13-22(2)21/h4-7,9-10,12H,3,8,11,13H2,1-2H3,(H,18,20)/t22-/m0/s1. The topological polar surface area (TPSA) is 51.1 Å². The van der Waals surface area contributed by atoms with E-state index in [4.69, 9.17) is 0 Å². The number of carbonyl (C=O) groups is 1. The number of aryl methyl sites for hydroxylation is 1. The van der Waals surface area contributed by atoms with Gasteiger partial charge in [-0.15, -0.1) is 0 Å². The second-order valence-corrected chi connectivity index (χ2v) is 6.79. The van der Waals surface area contributed by atoms with Crippen LogP contribution in [-0.2, 0) is 29.6 Å². The van der Waals surface area contributed by atoms with Gasteiger partial charge in [-0.25, -0.2) is 0 Å². The predicted molar refractivity (Wildman–Crippen MR) is 90.1 cm³/mol. The molecule has 0 saturated carbocycles. The van der Waals surface area contributed by atoms with Crippen LogP contribution in [0.15, 0.2) is 42.7 Å². The van der Waals surface area contributed by atoms with Gasteiger partial charge in [-0.05, 0) is 35.7 Å². The summed E-state index contributed by atoms with van der Waals surface area (Å²) >= 11 is 0. The van der Waals surface area contributed by atoms with E-state index in [1.165, 1.54) is 0 Å². The normalized spacial score (nSPS) is 12.1. The summed E-state index contributed by atoms with van der Waals surface area (Å²) in [4.78, 5) is 12.2. The second kappa shape index (κ2) is 7.94. The summed E-state index contributed by atoms with van der Waals surface area (Å²) in [6.45, 7) is 3.64. The first-order chi connectivity index (χ1) is 10.6. The molecule has 0 bridgehead atoms. The van der Waals surface area contributed by atoms with Gasteiger partial charge in [0.2, 0.25) is 0 Å². The molecule has 4 nitrogen and oxygen atoms in total. The molecule has 1 aromatic carbocycles. The highest BCUT2D eigenvalue weighted by molar-refractivity contribution is 7.83. The molecule has 1 atom stereocenters. The van der Waals surface area contributed by atoms with Crippen LogP contribution in [0.2, 0.25) is 0 Å². The van der Waals surface area contributed by atoms with Gasteiger partial charge in [0.25, 0.3) is 5.91 Å². The average molecular weight is 318 g/mol. The molecule has 0 fully saturated rings. The summed E-state index contributed by atoms with van der Waals surface area (Å²) in [5.41, 5.74) is 2.62. The minimum Gasteiger partial charge on any atom is -0.354 e. The summed E-state index contributed by atoms with van der Waals surface area (Å²) < 4.78 is 13.4. The van der Waals surface area contributed by atoms with Crippen molar-refractivity contribution in [3.05, 3.63) is 59.4 Å². The Hall–Kier alpha value is -1.88. The van der Waals surface area contributed by atoms with Crippen LogP contribution >= 0.6 is 0 Å². The highest BCUT2D eigenvalue weighted by Gasteiger charge is 2.07. The molecule has 22 heavy (non-hydrogen) atoms. The van der Waals surface area contributed by atoms with Crippen molar-refractivity contribution in [2.24, 2.45) is 0 Å². The third-order valence-corrected chi connectivity index (χ3v) is 4.05. The van der Waals surface area contributed by atoms with Gasteiger partial charge >= 0.3 is 0 Å². The first kappa shape index (κ1) is 16.5. The van der Waals surface area contributed by atoms with Gasteiger partial charge in [0.05, 0.1) is 0 Å². The highest BCUT2D eigenvalue weighted by atomic mass is 32.2. The molecule has 118 valence electrons. The van der Waals surface area contributed by atoms with Gasteiger partial charge in [0.1, 0.15) is 0 Å². The molecule has 0 radical (unpaired) electrons. The van der Waals surface area contributed by atoms with Gasteiger partial charge in [-0.1, -0.05) is 19.1 Å². The van der Waals surface area contributed by atoms with E-state index in [9.17, 15) is 9.00 Å². The number of nitrogens with zero attached hydrogens (tertiary/aromatic N) is 1. The van der Waals surface area contributed by atoms with Crippen molar-refractivity contribution in [1.29, 1.82) is 0 Å². The van der Waals surface area contributed by atoms with E-state index < -0.39 is 10.8 Å². The predicted octanol–water partition coefficient (Wildman–Crippen LogP) is 2.71. The van der Waals surface area contributed by atoms with E-state index in [0.717, 1.165) is 24.1 Å². The van der Waals surface area contributed by atoms with Crippen LogP contribution in [0.1, 0.15) is 34.8 Å². The van der Waals surface area contributed by atoms with Crippen molar-refractivity contribution in [3.63, 3.8) is 0 Å². The van der Waals surface area contributed by atoms with E-state index in [1.807, 2.05) is 24.4 Å². The summed E-state index contributed by atoms with van der Waals surface area (Å²) in [5, 5.41) is 2.92. The fourth-order valence-electron chi connectivity index (χ4n) is 2.31. The number of benzene rings is 1. The molecular formula is C17H22N2O2S. The smallest absolute Gasteiger partial charge is 0.251 e. The Morgan fingerprint density at radius 2 is 2.09 bits per heavy atom. The van der Waals surface area contributed by atoms with Crippen LogP contribution in [0, 0.1) is 0 Å². The van der Waals surface area contributed by atoms with Crippen molar-refractivity contribution in [3.8, 4) is 0 Å². The number of carbonyl (C=O) groups excluding carboxylic acids is 1. The highest BCUT2D eigenvalue weighted by Crippen LogP contribution is 2.08. The van der Waals surface area contributed by atoms with Crippen molar-refractivity contribution >= 4 is 16.7 Å². The zero-order valence-electron chi connectivity index (χ0n) is 13.0. The Bertz CT molecular complexity index is 664. The summed E-state index contributed by atoms with van der Waals surface area (Å²) in [7, 11) is -0.905. The van der Waals surface area contributed by atoms with Gasteiger partial charge in [-0.3, -0.25) is 9.00 Å². The molecule has 5 heteroatoms. The largest absolute Gasteiger partial charge is 0.354 e. The molecule has 2 rings (SSSR count). The lowest BCUT2D eigenvalue weighted by Crippen LogP contribution is -2.22. The van der Waals surface area contributed by atoms with Gasteiger partial charge in [0, 0.05) is 53.9 Å². The maximum atomic E-state index is 12.2. The molecule has 1 N–H and O–H groups in total. The molecule has 0 unspecified atom stereocenters. The van der Waals surface area contributed by atoms with Gasteiger partial charge in [-0.2, -0.15) is 0 Å². The lowest BCUT2D eigenvalue weighted by molar-refractivity contribution is 0.0951. The van der Waals surface area contributed by atoms with Crippen LogP contribution in [-0.4, -0.2) is 20.9 Å². The van der Waals surface area contributed by atoms with E-state index in [-0.39, 0.29) is 5.91 Å². The monoisotopic (exact) mass is 318 g/mol. The van der Waals surface area contributed by atoms with Crippen LogP contribution in [0.25, 0.3) is 0 Å². The van der Waals surface area contributed by atoms with E-state index >= 15 is 0 Å². The number of hydrogen-bond donors (Lipinski definition) is 1. The molecule has 0 aliphatic heterocycles. The van der Waals surface area contributed by atoms with Crippen molar-refractivity contribution < 1.29 is 9.00 Å². The Balaban J connectivity index is 1.95. The summed E-state index contributed by atoms with van der Waals surface area (Å²) in [5.74, 6) is 0.369. The van der Waals surface area contributed by atoms with Crippen molar-refractivity contribution in [2.75, 3.05) is 6.26 Å². The lowest BCUT2D eigenvalue weighted by Gasteiger charge is -2.06. The number of rotatable bonds is 7. The Labute approximate surface area is 134 Å². The van der Waals surface area contributed by atoms with E-state index in [1.54, 1.807) is 18.4 Å². The molecule has 1 amide bonds. The van der Waals surface area contributed by atoms with E-state index in [2.05, 4.69) is 23.0 Å². The summed E-state index contributed by atoms with van der Waals surface area (Å²) in [6, 6.07) is 9.32. The maximum Gasteiger partial charge on any atom is 0.251 e. The molecule has 0 spiro atoms. The number of hydrogen-bond acceptors (Lipinski definition) is 2. The zero-order chi connectivity index (χ0) is 15.9. The van der Waals surface area contributed by atoms with Crippen molar-refractivity contribution in [1.82, 2.24) is 9.88 Å². The summed E-state index contributed by atoms with van der Waals surface area (Å²) in [6.07, 6.45) is 6.84. The Kier molecular flexibility index (Phi) is 5.95. The third kappa shape index (κ3) is 4.84. The fraction of sp³-hybridized carbons (Fsp3) is 0.353. The van der Waals surface area contributed by atoms with Crippen LogP contribution < -0.4 is 5.32 Å². The first-order valence-corrected chi connectivity index (χ1v) is 9.13. The number of amides is 1. The molecule has 0 aliphatic rings. The molecule has 1 heterocycles. The lowest BCUT2D eigenvalue weighted by atomic mass is 10.1. The van der Waals surface area contributed by atoms with Gasteiger partial charge in [0.15, 0.2) is 0 Å². The first-order valence-electron chi connectivity index (χ1n) is 7.40. The fourth-order valence-corrected chi connectivity index (χ4v) is 2.96. The Morgan fingerprint density at radius 1 is 1.27 bits per heavy atom. The molecule has 0 saturated heterocycles. The van der Waals surface area contributed by atoms with Crippen molar-refractivity contribution in [2.45, 2.75) is 32.2 Å². The molecule has 0 aliphatic carbocycles. The third-order valence-electron chi connectivity index (χ3n) is 3.31. The average Bonchev–Trinajstić information content (AvgIpc) is 2.92. The molecule has 1 aromatic heterocycles. The van der Waals surface area contributed by atoms with Crippen LogP contribution in [0.3, 0.4) is 0 Å². The SMILES string of the molecule is CCCn1ccc(CNC(=O)c2cccc(C[S@](C)=O)c2)c1. The second-order valence-electron chi connectivity index (χ2n) is 5.36. The maximum absolute atomic E-state index is 12.2. The van der Waals surface area contributed by atoms with Crippen LogP contribution in [0.4, 0.5) is 0 Å². The quantitative estimate of drug-likeness (QED) is 0.853. The number of nitrogens with one attached hydrogen (secondary N) is 1. The van der Waals surface area contributed by atoms with E-state index in [0.29, 0.717) is 17.9 Å². The minimum atomic E-state index is -0.905. The van der Waals surface area contributed by atoms with Crippen LogP contribution in [0.5, 0.6) is 0 Å².